The number of nitrogens with one attached hydrogen (secondary N) is 1. The summed E-state index contributed by atoms with van der Waals surface area (Å²) in [5, 5.41) is 1.50. The number of rotatable bonds is 6. The molecule has 198 valence electrons. The molecule has 5 rings (SSSR count). The Bertz CT molecular complexity index is 1710. The highest BCUT2D eigenvalue weighted by molar-refractivity contribution is 7.22. The van der Waals surface area contributed by atoms with Gasteiger partial charge in [0.15, 0.2) is 5.78 Å². The first-order chi connectivity index (χ1) is 18.5. The molecular formula is C31H28ClN3O3S. The van der Waals surface area contributed by atoms with Crippen molar-refractivity contribution in [1.29, 1.82) is 0 Å². The highest BCUT2D eigenvalue weighted by Crippen LogP contribution is 2.44. The number of nitrogens with zero attached hydrogens (tertiary/aromatic N) is 2. The van der Waals surface area contributed by atoms with Gasteiger partial charge in [0.25, 0.3) is 0 Å². The number of fused-ring (bicyclic) bond motifs is 1. The van der Waals surface area contributed by atoms with Crippen molar-refractivity contribution < 1.29 is 9.53 Å². The molecule has 3 aromatic carbocycles. The van der Waals surface area contributed by atoms with Crippen molar-refractivity contribution in [2.75, 3.05) is 0 Å². The van der Waals surface area contributed by atoms with Crippen molar-refractivity contribution in [3.63, 3.8) is 0 Å². The number of carbonyl (C=O) groups excluding carboxylic acids is 1. The lowest BCUT2D eigenvalue weighted by molar-refractivity contribution is -0.138. The maximum atomic E-state index is 13.0. The standard InChI is InChI=1S/C31H28ClN3O3S/c1-17-14-24-28(39-29(35-24)21-8-6-19(7-9-21)22-15-33-30(37)34-16-22)26(20-10-12-23(32)13-11-20)25(17)27(18(2)36)38-31(3,4)5/h6-16,27H,1-5H3,(H,33,34,37)/t27-/m1/s1. The molecule has 0 aliphatic carbocycles. The third-order valence-electron chi connectivity index (χ3n) is 6.30. The molecule has 2 aromatic heterocycles. The van der Waals surface area contributed by atoms with Crippen LogP contribution >= 0.6 is 22.9 Å². The molecule has 0 saturated carbocycles. The fraction of sp³-hybridized carbons (Fsp3) is 0.226. The summed E-state index contributed by atoms with van der Waals surface area (Å²) in [5.74, 6) is -0.0559. The second-order valence-electron chi connectivity index (χ2n) is 10.5. The summed E-state index contributed by atoms with van der Waals surface area (Å²) >= 11 is 7.81. The number of hydrogen-bond acceptors (Lipinski definition) is 6. The molecule has 0 unspecified atom stereocenters. The highest BCUT2D eigenvalue weighted by Gasteiger charge is 2.30. The van der Waals surface area contributed by atoms with E-state index in [1.54, 1.807) is 30.7 Å². The number of ketones is 1. The van der Waals surface area contributed by atoms with Crippen molar-refractivity contribution in [3.8, 4) is 32.8 Å². The van der Waals surface area contributed by atoms with Crippen LogP contribution in [0.1, 0.15) is 44.9 Å². The van der Waals surface area contributed by atoms with E-state index < -0.39 is 11.7 Å². The molecule has 0 amide bonds. The van der Waals surface area contributed by atoms with Gasteiger partial charge in [-0.2, -0.15) is 0 Å². The molecule has 0 aliphatic heterocycles. The molecule has 0 fully saturated rings. The van der Waals surface area contributed by atoms with Gasteiger partial charge in [0.05, 0.1) is 15.8 Å². The Morgan fingerprint density at radius 1 is 1.00 bits per heavy atom. The lowest BCUT2D eigenvalue weighted by Gasteiger charge is -2.29. The zero-order valence-corrected chi connectivity index (χ0v) is 23.9. The van der Waals surface area contributed by atoms with Crippen LogP contribution in [-0.4, -0.2) is 26.3 Å². The average molecular weight is 558 g/mol. The quantitative estimate of drug-likeness (QED) is 0.230. The number of aromatic amines is 1. The highest BCUT2D eigenvalue weighted by atomic mass is 35.5. The minimum Gasteiger partial charge on any atom is -0.360 e. The van der Waals surface area contributed by atoms with E-state index in [9.17, 15) is 9.59 Å². The lowest BCUT2D eigenvalue weighted by atomic mass is 9.90. The molecule has 0 aliphatic rings. The Labute approximate surface area is 235 Å². The predicted octanol–water partition coefficient (Wildman–Crippen LogP) is 7.79. The van der Waals surface area contributed by atoms with Crippen molar-refractivity contribution in [3.05, 3.63) is 93.6 Å². The number of thiazole rings is 1. The smallest absolute Gasteiger partial charge is 0.344 e. The van der Waals surface area contributed by atoms with Crippen molar-refractivity contribution in [2.24, 2.45) is 0 Å². The van der Waals surface area contributed by atoms with Gasteiger partial charge in [-0.1, -0.05) is 48.0 Å². The summed E-state index contributed by atoms with van der Waals surface area (Å²) < 4.78 is 7.31. The van der Waals surface area contributed by atoms with Gasteiger partial charge in [0.2, 0.25) is 0 Å². The van der Waals surface area contributed by atoms with Crippen LogP contribution in [0.3, 0.4) is 0 Å². The number of benzene rings is 3. The van der Waals surface area contributed by atoms with Crippen LogP contribution in [0.5, 0.6) is 0 Å². The fourth-order valence-corrected chi connectivity index (χ4v) is 5.84. The van der Waals surface area contributed by atoms with Gasteiger partial charge >= 0.3 is 5.69 Å². The molecule has 1 atom stereocenters. The van der Waals surface area contributed by atoms with Gasteiger partial charge in [-0.3, -0.25) is 4.79 Å². The van der Waals surface area contributed by atoms with E-state index in [4.69, 9.17) is 21.3 Å². The van der Waals surface area contributed by atoms with E-state index in [0.29, 0.717) is 5.02 Å². The number of aryl methyl sites for hydroxylation is 1. The zero-order chi connectivity index (χ0) is 27.9. The summed E-state index contributed by atoms with van der Waals surface area (Å²) in [4.78, 5) is 35.7. The first-order valence-electron chi connectivity index (χ1n) is 12.5. The van der Waals surface area contributed by atoms with Crippen molar-refractivity contribution >= 4 is 38.9 Å². The van der Waals surface area contributed by atoms with E-state index in [-0.39, 0.29) is 11.5 Å². The topological polar surface area (TPSA) is 84.9 Å². The third-order valence-corrected chi connectivity index (χ3v) is 7.69. The Balaban J connectivity index is 1.68. The molecule has 0 spiro atoms. The molecule has 0 radical (unpaired) electrons. The van der Waals surface area contributed by atoms with Crippen LogP contribution in [-0.2, 0) is 9.53 Å². The Morgan fingerprint density at radius 2 is 1.64 bits per heavy atom. The van der Waals surface area contributed by atoms with Gasteiger partial charge in [-0.25, -0.2) is 14.8 Å². The van der Waals surface area contributed by atoms with Crippen molar-refractivity contribution in [2.45, 2.75) is 46.3 Å². The first kappa shape index (κ1) is 26.9. The number of hydrogen-bond donors (Lipinski definition) is 1. The molecule has 0 saturated heterocycles. The summed E-state index contributed by atoms with van der Waals surface area (Å²) in [6.45, 7) is 9.44. The molecular weight excluding hydrogens is 530 g/mol. The molecule has 1 N–H and O–H groups in total. The predicted molar refractivity (Wildman–Crippen MR) is 158 cm³/mol. The molecule has 8 heteroatoms. The lowest BCUT2D eigenvalue weighted by Crippen LogP contribution is -2.27. The number of Topliss-reactive ketones (excluding diaryl/α,β-unsaturated/α-hetero) is 1. The van der Waals surface area contributed by atoms with E-state index >= 15 is 0 Å². The number of ether oxygens (including phenoxy) is 1. The Morgan fingerprint density at radius 3 is 2.23 bits per heavy atom. The number of aromatic nitrogens is 3. The third kappa shape index (κ3) is 5.71. The average Bonchev–Trinajstić information content (AvgIpc) is 3.31. The van der Waals surface area contributed by atoms with Gasteiger partial charge in [-0.15, -0.1) is 11.3 Å². The monoisotopic (exact) mass is 557 g/mol. The Kier molecular flexibility index (Phi) is 7.25. The summed E-state index contributed by atoms with van der Waals surface area (Å²) in [5.41, 5.74) is 6.36. The maximum Gasteiger partial charge on any atom is 0.344 e. The second-order valence-corrected chi connectivity index (χ2v) is 11.9. The first-order valence-corrected chi connectivity index (χ1v) is 13.7. The van der Waals surface area contributed by atoms with E-state index in [0.717, 1.165) is 54.2 Å². The zero-order valence-electron chi connectivity index (χ0n) is 22.3. The molecule has 5 aromatic rings. The van der Waals surface area contributed by atoms with Gasteiger partial charge in [-0.05, 0) is 69.5 Å². The second kappa shape index (κ2) is 10.5. The van der Waals surface area contributed by atoms with Crippen LogP contribution in [0, 0.1) is 6.92 Å². The van der Waals surface area contributed by atoms with E-state index in [1.807, 2.05) is 82.3 Å². The van der Waals surface area contributed by atoms with Gasteiger partial charge in [0, 0.05) is 39.7 Å². The molecule has 6 nitrogen and oxygen atoms in total. The summed E-state index contributed by atoms with van der Waals surface area (Å²) in [7, 11) is 0. The number of carbonyl (C=O) groups is 1. The van der Waals surface area contributed by atoms with E-state index in [1.165, 1.54) is 0 Å². The molecule has 39 heavy (non-hydrogen) atoms. The molecule has 0 bridgehead atoms. The normalized spacial score (nSPS) is 12.6. The maximum absolute atomic E-state index is 13.0. The van der Waals surface area contributed by atoms with Crippen LogP contribution in [0.4, 0.5) is 0 Å². The van der Waals surface area contributed by atoms with E-state index in [2.05, 4.69) is 9.97 Å². The van der Waals surface area contributed by atoms with Crippen LogP contribution in [0.15, 0.2) is 71.8 Å². The van der Waals surface area contributed by atoms with Crippen molar-refractivity contribution in [1.82, 2.24) is 15.0 Å². The van der Waals surface area contributed by atoms with Crippen LogP contribution in [0.2, 0.25) is 5.02 Å². The molecule has 2 heterocycles. The van der Waals surface area contributed by atoms with Gasteiger partial charge < -0.3 is 9.72 Å². The largest absolute Gasteiger partial charge is 0.360 e. The summed E-state index contributed by atoms with van der Waals surface area (Å²) in [6, 6.07) is 17.7. The minimum atomic E-state index is -0.726. The SMILES string of the molecule is CC(=O)[C@@H](OC(C)(C)C)c1c(C)cc2nc(-c3ccc(-c4cnc(=O)[nH]c4)cc3)sc2c1-c1ccc(Cl)cc1. The Hall–Kier alpha value is -3.65. The van der Waals surface area contributed by atoms with Crippen LogP contribution < -0.4 is 5.69 Å². The van der Waals surface area contributed by atoms with Crippen LogP contribution in [0.25, 0.3) is 43.0 Å². The number of H-pyrrole nitrogens is 1. The fourth-order valence-electron chi connectivity index (χ4n) is 4.58. The van der Waals surface area contributed by atoms with Gasteiger partial charge in [0.1, 0.15) is 11.1 Å². The number of halogens is 1. The minimum absolute atomic E-state index is 0.0559. The summed E-state index contributed by atoms with van der Waals surface area (Å²) in [6.07, 6.45) is 2.48.